The van der Waals surface area contributed by atoms with Crippen molar-refractivity contribution in [3.8, 4) is 0 Å². The van der Waals surface area contributed by atoms with Crippen LogP contribution in [0.25, 0.3) is 0 Å². The number of anilines is 2. The van der Waals surface area contributed by atoms with Crippen molar-refractivity contribution in [2.24, 2.45) is 0 Å². The molecule has 1 N–H and O–H groups in total. The lowest BCUT2D eigenvalue weighted by molar-refractivity contribution is -0.115. The van der Waals surface area contributed by atoms with E-state index in [-0.39, 0.29) is 53.2 Å². The van der Waals surface area contributed by atoms with Gasteiger partial charge in [-0.15, -0.1) is 0 Å². The van der Waals surface area contributed by atoms with E-state index in [1.165, 1.54) is 27.4 Å². The summed E-state index contributed by atoms with van der Waals surface area (Å²) in [6.45, 7) is 3.83. The summed E-state index contributed by atoms with van der Waals surface area (Å²) in [7, 11) is -3.95. The van der Waals surface area contributed by atoms with Gasteiger partial charge in [0.15, 0.2) is 0 Å². The molecule has 2 atom stereocenters. The van der Waals surface area contributed by atoms with E-state index in [0.717, 1.165) is 0 Å². The average Bonchev–Trinajstić information content (AvgIpc) is 2.72. The fourth-order valence-corrected chi connectivity index (χ4v) is 5.96. The van der Waals surface area contributed by atoms with Crippen molar-refractivity contribution in [1.82, 2.24) is 4.31 Å². The van der Waals surface area contributed by atoms with Gasteiger partial charge in [0.25, 0.3) is 5.91 Å². The zero-order valence-corrected chi connectivity index (χ0v) is 18.6. The van der Waals surface area contributed by atoms with E-state index in [9.17, 15) is 18.0 Å². The number of ether oxygens (including phenoxy) is 1. The fraction of sp³-hybridized carbons (Fsp3) is 0.333. The van der Waals surface area contributed by atoms with Crippen LogP contribution in [-0.4, -0.2) is 56.4 Å². The van der Waals surface area contributed by atoms with Crippen LogP contribution in [0, 0.1) is 0 Å². The minimum absolute atomic E-state index is 0.0279. The number of fused-ring (bicyclic) bond motifs is 1. The summed E-state index contributed by atoms with van der Waals surface area (Å²) in [6, 6.07) is 11.1. The van der Waals surface area contributed by atoms with Crippen LogP contribution in [0.15, 0.2) is 47.4 Å². The van der Waals surface area contributed by atoms with Gasteiger partial charge in [0.2, 0.25) is 15.9 Å². The maximum atomic E-state index is 13.3. The molecule has 8 nitrogen and oxygen atoms in total. The number of hydrogen-bond donors (Lipinski definition) is 1. The highest BCUT2D eigenvalue weighted by molar-refractivity contribution is 7.89. The number of rotatable bonds is 3. The topological polar surface area (TPSA) is 96.0 Å². The summed E-state index contributed by atoms with van der Waals surface area (Å²) in [5, 5.41) is 2.75. The molecule has 0 unspecified atom stereocenters. The first-order valence-corrected chi connectivity index (χ1v) is 11.6. The molecule has 1 fully saturated rings. The predicted molar refractivity (Wildman–Crippen MR) is 117 cm³/mol. The second-order valence-corrected chi connectivity index (χ2v) is 9.99. The van der Waals surface area contributed by atoms with Crippen molar-refractivity contribution in [3.05, 3.63) is 53.1 Å². The van der Waals surface area contributed by atoms with Crippen molar-refractivity contribution in [1.29, 1.82) is 0 Å². The third-order valence-corrected chi connectivity index (χ3v) is 7.51. The van der Waals surface area contributed by atoms with Gasteiger partial charge in [-0.25, -0.2) is 8.42 Å². The number of para-hydroxylation sites is 2. The Balaban J connectivity index is 1.70. The van der Waals surface area contributed by atoms with Gasteiger partial charge in [-0.1, -0.05) is 23.7 Å². The number of sulfonamides is 1. The van der Waals surface area contributed by atoms with Gasteiger partial charge in [-0.05, 0) is 44.2 Å². The first kappa shape index (κ1) is 21.8. The number of carbonyl (C=O) groups is 2. The molecular weight excluding hydrogens is 442 g/mol. The Morgan fingerprint density at radius 3 is 2.52 bits per heavy atom. The Morgan fingerprint density at radius 2 is 1.81 bits per heavy atom. The van der Waals surface area contributed by atoms with Crippen molar-refractivity contribution in [2.45, 2.75) is 31.0 Å². The Bertz CT molecular complexity index is 1140. The van der Waals surface area contributed by atoms with Crippen molar-refractivity contribution >= 4 is 44.8 Å². The van der Waals surface area contributed by atoms with Gasteiger partial charge >= 0.3 is 0 Å². The number of nitrogens with one attached hydrogen (secondary N) is 1. The molecule has 164 valence electrons. The van der Waals surface area contributed by atoms with E-state index in [4.69, 9.17) is 16.3 Å². The second-order valence-electron chi connectivity index (χ2n) is 7.68. The Morgan fingerprint density at radius 1 is 1.13 bits per heavy atom. The third kappa shape index (κ3) is 4.18. The lowest BCUT2D eigenvalue weighted by Gasteiger charge is -2.34. The van der Waals surface area contributed by atoms with E-state index < -0.39 is 15.9 Å². The summed E-state index contributed by atoms with van der Waals surface area (Å²) < 4.78 is 33.5. The van der Waals surface area contributed by atoms with Crippen LogP contribution in [-0.2, 0) is 19.6 Å². The molecule has 1 saturated heterocycles. The molecule has 2 heterocycles. The van der Waals surface area contributed by atoms with Crippen LogP contribution in [0.5, 0.6) is 0 Å². The Labute approximate surface area is 185 Å². The van der Waals surface area contributed by atoms with Gasteiger partial charge in [0.1, 0.15) is 11.4 Å². The van der Waals surface area contributed by atoms with Crippen LogP contribution in [0.3, 0.4) is 0 Å². The van der Waals surface area contributed by atoms with E-state index in [0.29, 0.717) is 11.4 Å². The third-order valence-electron chi connectivity index (χ3n) is 5.20. The highest BCUT2D eigenvalue weighted by atomic mass is 35.5. The number of nitrogens with zero attached hydrogens (tertiary/aromatic N) is 2. The summed E-state index contributed by atoms with van der Waals surface area (Å²) in [6.07, 6.45) is -0.518. The normalized spacial score (nSPS) is 22.0. The van der Waals surface area contributed by atoms with Crippen molar-refractivity contribution < 1.29 is 22.7 Å². The smallest absolute Gasteiger partial charge is 0.258 e. The van der Waals surface area contributed by atoms with E-state index >= 15 is 0 Å². The number of carbonyl (C=O) groups excluding carboxylic acids is 2. The number of amides is 2. The van der Waals surface area contributed by atoms with E-state index in [1.54, 1.807) is 38.1 Å². The SMILES string of the molecule is C[C@H]1CN(S(=O)(=O)c2cc(C(=O)N3CC(=O)Nc4ccccc43)ccc2Cl)C[C@H](C)O1. The van der Waals surface area contributed by atoms with Gasteiger partial charge in [-0.2, -0.15) is 4.31 Å². The molecule has 0 bridgehead atoms. The average molecular weight is 464 g/mol. The standard InChI is InChI=1S/C21H22ClN3O5S/c1-13-10-24(11-14(2)30-13)31(28,29)19-9-15(7-8-16(19)22)21(27)25-12-20(26)23-17-5-3-4-6-18(17)25/h3-9,13-14H,10-12H2,1-2H3,(H,23,26)/t13-,14-/m0/s1. The minimum Gasteiger partial charge on any atom is -0.373 e. The zero-order chi connectivity index (χ0) is 22.3. The van der Waals surface area contributed by atoms with E-state index in [1.807, 2.05) is 0 Å². The van der Waals surface area contributed by atoms with Crippen molar-refractivity contribution in [3.63, 3.8) is 0 Å². The minimum atomic E-state index is -3.95. The zero-order valence-electron chi connectivity index (χ0n) is 17.0. The molecule has 2 aliphatic rings. The summed E-state index contributed by atoms with van der Waals surface area (Å²) in [5.41, 5.74) is 1.19. The summed E-state index contributed by atoms with van der Waals surface area (Å²) in [4.78, 5) is 26.5. The fourth-order valence-electron chi connectivity index (χ4n) is 3.87. The lowest BCUT2D eigenvalue weighted by atomic mass is 10.1. The number of hydrogen-bond acceptors (Lipinski definition) is 5. The number of benzene rings is 2. The van der Waals surface area contributed by atoms with Crippen LogP contribution >= 0.6 is 11.6 Å². The first-order chi connectivity index (χ1) is 14.7. The van der Waals surface area contributed by atoms with Crippen LogP contribution in [0.4, 0.5) is 11.4 Å². The lowest BCUT2D eigenvalue weighted by Crippen LogP contribution is -2.48. The first-order valence-electron chi connectivity index (χ1n) is 9.82. The maximum Gasteiger partial charge on any atom is 0.258 e. The quantitative estimate of drug-likeness (QED) is 0.755. The number of morpholine rings is 1. The van der Waals surface area contributed by atoms with Gasteiger partial charge in [0, 0.05) is 18.7 Å². The highest BCUT2D eigenvalue weighted by Gasteiger charge is 2.35. The maximum absolute atomic E-state index is 13.3. The van der Waals surface area contributed by atoms with E-state index in [2.05, 4.69) is 5.32 Å². The number of halogens is 1. The Hall–Kier alpha value is -2.46. The molecule has 31 heavy (non-hydrogen) atoms. The largest absolute Gasteiger partial charge is 0.373 e. The molecule has 0 saturated carbocycles. The summed E-state index contributed by atoms with van der Waals surface area (Å²) in [5.74, 6) is -0.815. The molecule has 2 amide bonds. The molecule has 0 radical (unpaired) electrons. The molecule has 0 aromatic heterocycles. The van der Waals surface area contributed by atoms with Crippen LogP contribution < -0.4 is 10.2 Å². The van der Waals surface area contributed by atoms with Gasteiger partial charge in [0.05, 0.1) is 28.6 Å². The summed E-state index contributed by atoms with van der Waals surface area (Å²) >= 11 is 6.24. The molecule has 2 aromatic rings. The molecule has 2 aromatic carbocycles. The van der Waals surface area contributed by atoms with Gasteiger partial charge in [-0.3, -0.25) is 14.5 Å². The molecule has 2 aliphatic heterocycles. The monoisotopic (exact) mass is 463 g/mol. The predicted octanol–water partition coefficient (Wildman–Crippen LogP) is 2.74. The Kier molecular flexibility index (Phi) is 5.78. The molecule has 4 rings (SSSR count). The van der Waals surface area contributed by atoms with Crippen LogP contribution in [0.1, 0.15) is 24.2 Å². The molecule has 0 spiro atoms. The molecule has 10 heteroatoms. The second kappa shape index (κ2) is 8.23. The van der Waals surface area contributed by atoms with Gasteiger partial charge < -0.3 is 10.1 Å². The van der Waals surface area contributed by atoms with Crippen molar-refractivity contribution in [2.75, 3.05) is 29.9 Å². The highest BCUT2D eigenvalue weighted by Crippen LogP contribution is 2.32. The molecule has 0 aliphatic carbocycles. The van der Waals surface area contributed by atoms with Crippen LogP contribution in [0.2, 0.25) is 5.02 Å². The molecular formula is C21H22ClN3O5S.